The third-order valence-corrected chi connectivity index (χ3v) is 4.65. The minimum atomic E-state index is -0.403. The zero-order valence-corrected chi connectivity index (χ0v) is 16.3. The predicted octanol–water partition coefficient (Wildman–Crippen LogP) is 2.38. The van der Waals surface area contributed by atoms with Crippen LogP contribution < -0.4 is 16.4 Å². The number of hydrogen-bond donors (Lipinski definition) is 3. The van der Waals surface area contributed by atoms with E-state index >= 15 is 0 Å². The lowest BCUT2D eigenvalue weighted by Crippen LogP contribution is -2.63. The van der Waals surface area contributed by atoms with Crippen molar-refractivity contribution in [3.05, 3.63) is 35.9 Å². The van der Waals surface area contributed by atoms with Gasteiger partial charge in [-0.05, 0) is 46.1 Å². The van der Waals surface area contributed by atoms with Gasteiger partial charge in [-0.3, -0.25) is 4.79 Å². The normalized spacial score (nSPS) is 18.9. The average Bonchev–Trinajstić information content (AvgIpc) is 2.48. The van der Waals surface area contributed by atoms with Crippen molar-refractivity contribution in [3.8, 4) is 0 Å². The molecule has 0 aromatic heterocycles. The summed E-state index contributed by atoms with van der Waals surface area (Å²) in [6.07, 6.45) is 1.87. The molecule has 2 rings (SSSR count). The number of nitrogens with zero attached hydrogens (tertiary/aromatic N) is 1. The highest BCUT2D eigenvalue weighted by atomic mass is 16.2. The maximum atomic E-state index is 12.9. The molecule has 1 saturated heterocycles. The number of amides is 3. The molecule has 0 radical (unpaired) electrons. The molecule has 0 aliphatic carbocycles. The van der Waals surface area contributed by atoms with Gasteiger partial charge in [0.1, 0.15) is 0 Å². The van der Waals surface area contributed by atoms with Crippen molar-refractivity contribution in [1.82, 2.24) is 15.5 Å². The Kier molecular flexibility index (Phi) is 6.29. The van der Waals surface area contributed by atoms with Crippen LogP contribution in [0.15, 0.2) is 30.3 Å². The predicted molar refractivity (Wildman–Crippen MR) is 104 cm³/mol. The van der Waals surface area contributed by atoms with Gasteiger partial charge in [-0.15, -0.1) is 0 Å². The van der Waals surface area contributed by atoms with E-state index in [0.29, 0.717) is 13.1 Å². The van der Waals surface area contributed by atoms with Crippen LogP contribution in [0.2, 0.25) is 0 Å². The number of rotatable bonds is 6. The van der Waals surface area contributed by atoms with Gasteiger partial charge in [-0.25, -0.2) is 4.79 Å². The van der Waals surface area contributed by atoms with Crippen molar-refractivity contribution < 1.29 is 9.59 Å². The number of nitrogens with one attached hydrogen (secondary N) is 2. The monoisotopic (exact) mass is 360 g/mol. The maximum Gasteiger partial charge on any atom is 0.317 e. The van der Waals surface area contributed by atoms with Crippen LogP contribution in [-0.2, 0) is 11.3 Å². The number of nitrogens with two attached hydrogens (primary N) is 1. The molecule has 1 aromatic rings. The summed E-state index contributed by atoms with van der Waals surface area (Å²) in [5.41, 5.74) is 6.22. The number of urea groups is 1. The van der Waals surface area contributed by atoms with Crippen molar-refractivity contribution in [2.24, 2.45) is 5.73 Å². The smallest absolute Gasteiger partial charge is 0.317 e. The summed E-state index contributed by atoms with van der Waals surface area (Å²) in [5, 5.41) is 6.79. The van der Waals surface area contributed by atoms with Crippen LogP contribution >= 0.6 is 0 Å². The van der Waals surface area contributed by atoms with Crippen molar-refractivity contribution in [1.29, 1.82) is 0 Å². The van der Waals surface area contributed by atoms with Crippen LogP contribution in [0.1, 0.15) is 52.5 Å². The first-order valence-electron chi connectivity index (χ1n) is 9.23. The molecule has 0 unspecified atom stereocenters. The van der Waals surface area contributed by atoms with Crippen LogP contribution in [-0.4, -0.2) is 40.5 Å². The Labute approximate surface area is 156 Å². The lowest BCUT2D eigenvalue weighted by Gasteiger charge is -2.46. The molecule has 6 heteroatoms. The van der Waals surface area contributed by atoms with E-state index in [1.54, 1.807) is 4.90 Å². The summed E-state index contributed by atoms with van der Waals surface area (Å²) in [6, 6.07) is 9.71. The van der Waals surface area contributed by atoms with Gasteiger partial charge in [0.05, 0.1) is 0 Å². The quantitative estimate of drug-likeness (QED) is 0.728. The van der Waals surface area contributed by atoms with Gasteiger partial charge in [-0.1, -0.05) is 30.3 Å². The molecule has 6 nitrogen and oxygen atoms in total. The first-order chi connectivity index (χ1) is 12.1. The molecule has 26 heavy (non-hydrogen) atoms. The number of carbonyl (C=O) groups excluding carboxylic acids is 2. The van der Waals surface area contributed by atoms with Crippen molar-refractivity contribution in [3.63, 3.8) is 0 Å². The highest BCUT2D eigenvalue weighted by Gasteiger charge is 2.38. The van der Waals surface area contributed by atoms with E-state index in [4.69, 9.17) is 5.73 Å². The molecule has 1 aromatic carbocycles. The Bertz CT molecular complexity index is 612. The third kappa shape index (κ3) is 6.33. The molecule has 4 N–H and O–H groups in total. The average molecular weight is 361 g/mol. The van der Waals surface area contributed by atoms with E-state index in [1.807, 2.05) is 30.3 Å². The summed E-state index contributed by atoms with van der Waals surface area (Å²) < 4.78 is 0. The van der Waals surface area contributed by atoms with Gasteiger partial charge in [0.25, 0.3) is 0 Å². The number of carbonyl (C=O) groups is 2. The van der Waals surface area contributed by atoms with E-state index in [2.05, 4.69) is 38.3 Å². The largest absolute Gasteiger partial charge is 0.370 e. The zero-order chi connectivity index (χ0) is 19.4. The number of benzene rings is 1. The summed E-state index contributed by atoms with van der Waals surface area (Å²) >= 11 is 0. The lowest BCUT2D eigenvalue weighted by atomic mass is 9.79. The molecule has 3 amide bonds. The second-order valence-electron chi connectivity index (χ2n) is 8.57. The first kappa shape index (κ1) is 20.2. The van der Waals surface area contributed by atoms with E-state index in [0.717, 1.165) is 18.4 Å². The van der Waals surface area contributed by atoms with Gasteiger partial charge < -0.3 is 21.3 Å². The van der Waals surface area contributed by atoms with Gasteiger partial charge in [-0.2, -0.15) is 0 Å². The second kappa shape index (κ2) is 8.08. The van der Waals surface area contributed by atoms with Gasteiger partial charge in [0.2, 0.25) is 5.91 Å². The van der Waals surface area contributed by atoms with E-state index in [1.165, 1.54) is 0 Å². The lowest BCUT2D eigenvalue weighted by molar-refractivity contribution is -0.118. The Morgan fingerprint density at radius 3 is 2.27 bits per heavy atom. The van der Waals surface area contributed by atoms with Crippen LogP contribution in [0.3, 0.4) is 0 Å². The summed E-state index contributed by atoms with van der Waals surface area (Å²) in [7, 11) is 0. The van der Waals surface area contributed by atoms with Crippen LogP contribution in [0.4, 0.5) is 4.79 Å². The molecule has 144 valence electrons. The highest BCUT2D eigenvalue weighted by molar-refractivity contribution is 5.77. The molecule has 0 bridgehead atoms. The third-order valence-electron chi connectivity index (χ3n) is 4.65. The first-order valence-corrected chi connectivity index (χ1v) is 9.23. The van der Waals surface area contributed by atoms with Crippen LogP contribution in [0.25, 0.3) is 0 Å². The fraction of sp³-hybridized carbons (Fsp3) is 0.600. The fourth-order valence-corrected chi connectivity index (χ4v) is 3.99. The van der Waals surface area contributed by atoms with Crippen LogP contribution in [0, 0.1) is 0 Å². The topological polar surface area (TPSA) is 87.5 Å². The summed E-state index contributed by atoms with van der Waals surface area (Å²) in [4.78, 5) is 25.8. The molecule has 0 spiro atoms. The van der Waals surface area contributed by atoms with Crippen molar-refractivity contribution >= 4 is 11.9 Å². The van der Waals surface area contributed by atoms with Gasteiger partial charge in [0.15, 0.2) is 0 Å². The Balaban J connectivity index is 2.06. The molecule has 1 aliphatic rings. The Morgan fingerprint density at radius 1 is 1.15 bits per heavy atom. The minimum absolute atomic E-state index is 0.0445. The number of piperidine rings is 1. The van der Waals surface area contributed by atoms with Crippen LogP contribution in [0.5, 0.6) is 0 Å². The zero-order valence-electron chi connectivity index (χ0n) is 16.3. The van der Waals surface area contributed by atoms with E-state index in [-0.39, 0.29) is 29.6 Å². The number of primary amides is 1. The molecule has 0 saturated carbocycles. The molecule has 0 atom stereocenters. The van der Waals surface area contributed by atoms with E-state index < -0.39 is 5.91 Å². The molecule has 1 fully saturated rings. The fourth-order valence-electron chi connectivity index (χ4n) is 3.99. The SMILES string of the molecule is CC1(C)CC(NC(=O)N(CCC(N)=O)Cc2ccccc2)CC(C)(C)N1. The summed E-state index contributed by atoms with van der Waals surface area (Å²) in [5.74, 6) is -0.403. The van der Waals surface area contributed by atoms with Crippen molar-refractivity contribution in [2.45, 2.75) is 70.6 Å². The molecular weight excluding hydrogens is 328 g/mol. The van der Waals surface area contributed by atoms with E-state index in [9.17, 15) is 9.59 Å². The van der Waals surface area contributed by atoms with Gasteiger partial charge in [0, 0.05) is 36.6 Å². The maximum absolute atomic E-state index is 12.9. The number of hydrogen-bond acceptors (Lipinski definition) is 3. The molecule has 1 aliphatic heterocycles. The highest BCUT2D eigenvalue weighted by Crippen LogP contribution is 2.28. The Morgan fingerprint density at radius 2 is 1.73 bits per heavy atom. The van der Waals surface area contributed by atoms with Crippen molar-refractivity contribution in [2.75, 3.05) is 6.54 Å². The molecular formula is C20H32N4O2. The second-order valence-corrected chi connectivity index (χ2v) is 8.57. The molecule has 1 heterocycles. The standard InChI is InChI=1S/C20H32N4O2/c1-19(2)12-16(13-20(3,4)23-19)22-18(26)24(11-10-17(21)25)14-15-8-6-5-7-9-15/h5-9,16,23H,10-14H2,1-4H3,(H2,21,25)(H,22,26). The summed E-state index contributed by atoms with van der Waals surface area (Å²) in [6.45, 7) is 9.39. The minimum Gasteiger partial charge on any atom is -0.370 e. The Hall–Kier alpha value is -2.08. The van der Waals surface area contributed by atoms with Gasteiger partial charge >= 0.3 is 6.03 Å².